The summed E-state index contributed by atoms with van der Waals surface area (Å²) in [7, 11) is 0. The first-order chi connectivity index (χ1) is 8.25. The van der Waals surface area contributed by atoms with E-state index in [9.17, 15) is 0 Å². The van der Waals surface area contributed by atoms with Crippen molar-refractivity contribution in [3.63, 3.8) is 0 Å². The SMILES string of the molecule is Cc1nc(-c2ccccn2)n2ccc(N)cc12. The third kappa shape index (κ3) is 1.54. The number of hydrogen-bond donors (Lipinski definition) is 1. The summed E-state index contributed by atoms with van der Waals surface area (Å²) >= 11 is 0. The van der Waals surface area contributed by atoms with Crippen LogP contribution >= 0.6 is 0 Å². The van der Waals surface area contributed by atoms with E-state index >= 15 is 0 Å². The molecule has 3 rings (SSSR count). The molecule has 0 aliphatic rings. The maximum Gasteiger partial charge on any atom is 0.163 e. The average Bonchev–Trinajstić information content (AvgIpc) is 2.68. The standard InChI is InChI=1S/C13H12N4/c1-9-12-8-10(14)5-7-17(12)13(16-9)11-4-2-3-6-15-11/h2-8H,14H2,1H3. The van der Waals surface area contributed by atoms with Crippen LogP contribution in [0.3, 0.4) is 0 Å². The maximum absolute atomic E-state index is 5.78. The summed E-state index contributed by atoms with van der Waals surface area (Å²) in [6, 6.07) is 9.58. The maximum atomic E-state index is 5.78. The number of anilines is 1. The predicted octanol–water partition coefficient (Wildman–Crippen LogP) is 2.29. The third-order valence-electron chi connectivity index (χ3n) is 2.75. The molecule has 0 unspecified atom stereocenters. The third-order valence-corrected chi connectivity index (χ3v) is 2.75. The van der Waals surface area contributed by atoms with E-state index in [0.717, 1.165) is 28.4 Å². The van der Waals surface area contributed by atoms with Crippen molar-refractivity contribution < 1.29 is 0 Å². The molecule has 0 aliphatic heterocycles. The zero-order valence-electron chi connectivity index (χ0n) is 9.46. The molecule has 84 valence electrons. The molecule has 2 N–H and O–H groups in total. The number of aromatic nitrogens is 3. The first kappa shape index (κ1) is 9.84. The number of nitrogens with two attached hydrogens (primary N) is 1. The number of nitrogens with zero attached hydrogens (tertiary/aromatic N) is 3. The van der Waals surface area contributed by atoms with Gasteiger partial charge in [0.05, 0.1) is 11.2 Å². The molecule has 0 aliphatic carbocycles. The van der Waals surface area contributed by atoms with Crippen molar-refractivity contribution in [3.8, 4) is 11.5 Å². The van der Waals surface area contributed by atoms with Gasteiger partial charge in [0.25, 0.3) is 0 Å². The van der Waals surface area contributed by atoms with Crippen molar-refractivity contribution >= 4 is 11.2 Å². The van der Waals surface area contributed by atoms with Crippen molar-refractivity contribution in [1.82, 2.24) is 14.4 Å². The molecule has 0 saturated carbocycles. The number of fused-ring (bicyclic) bond motifs is 1. The summed E-state index contributed by atoms with van der Waals surface area (Å²) < 4.78 is 2.01. The van der Waals surface area contributed by atoms with Crippen molar-refractivity contribution in [2.75, 3.05) is 5.73 Å². The molecule has 0 radical (unpaired) electrons. The van der Waals surface area contributed by atoms with Gasteiger partial charge in [-0.3, -0.25) is 9.38 Å². The lowest BCUT2D eigenvalue weighted by atomic mass is 10.3. The van der Waals surface area contributed by atoms with Gasteiger partial charge in [-0.1, -0.05) is 6.07 Å². The van der Waals surface area contributed by atoms with E-state index in [4.69, 9.17) is 5.73 Å². The van der Waals surface area contributed by atoms with Crippen LogP contribution in [-0.2, 0) is 0 Å². The second-order valence-corrected chi connectivity index (χ2v) is 3.95. The van der Waals surface area contributed by atoms with Crippen LogP contribution in [0.4, 0.5) is 5.69 Å². The molecule has 3 aromatic rings. The fraction of sp³-hybridized carbons (Fsp3) is 0.0769. The Labute approximate surface area is 98.8 Å². The summed E-state index contributed by atoms with van der Waals surface area (Å²) in [5, 5.41) is 0. The van der Waals surface area contributed by atoms with E-state index in [2.05, 4.69) is 9.97 Å². The second kappa shape index (κ2) is 3.59. The van der Waals surface area contributed by atoms with E-state index in [1.54, 1.807) is 6.20 Å². The van der Waals surface area contributed by atoms with Crippen molar-refractivity contribution in [2.45, 2.75) is 6.92 Å². The highest BCUT2D eigenvalue weighted by atomic mass is 15.0. The molecule has 4 heteroatoms. The van der Waals surface area contributed by atoms with Gasteiger partial charge >= 0.3 is 0 Å². The summed E-state index contributed by atoms with van der Waals surface area (Å²) in [4.78, 5) is 8.87. The summed E-state index contributed by atoms with van der Waals surface area (Å²) in [5.74, 6) is 0.845. The Bertz CT molecular complexity index is 670. The number of aryl methyl sites for hydroxylation is 1. The van der Waals surface area contributed by atoms with Crippen molar-refractivity contribution in [3.05, 3.63) is 48.4 Å². The van der Waals surface area contributed by atoms with Crippen LogP contribution in [0.25, 0.3) is 17.0 Å². The van der Waals surface area contributed by atoms with Gasteiger partial charge in [0.15, 0.2) is 5.82 Å². The minimum absolute atomic E-state index is 0.744. The van der Waals surface area contributed by atoms with Crippen LogP contribution in [0.2, 0.25) is 0 Å². The van der Waals surface area contributed by atoms with Crippen LogP contribution in [0, 0.1) is 6.92 Å². The molecule has 3 aromatic heterocycles. The number of rotatable bonds is 1. The fourth-order valence-corrected chi connectivity index (χ4v) is 1.93. The van der Waals surface area contributed by atoms with Crippen LogP contribution in [0.1, 0.15) is 5.69 Å². The molecule has 0 bridgehead atoms. The fourth-order valence-electron chi connectivity index (χ4n) is 1.93. The Morgan fingerprint density at radius 2 is 2.12 bits per heavy atom. The van der Waals surface area contributed by atoms with Crippen LogP contribution < -0.4 is 5.73 Å². The van der Waals surface area contributed by atoms with E-state index in [-0.39, 0.29) is 0 Å². The van der Waals surface area contributed by atoms with Gasteiger partial charge in [-0.15, -0.1) is 0 Å². The lowest BCUT2D eigenvalue weighted by Gasteiger charge is -2.00. The first-order valence-electron chi connectivity index (χ1n) is 5.41. The summed E-state index contributed by atoms with van der Waals surface area (Å²) in [6.45, 7) is 1.97. The molecule has 3 heterocycles. The lowest BCUT2D eigenvalue weighted by Crippen LogP contribution is -1.92. The number of imidazole rings is 1. The monoisotopic (exact) mass is 224 g/mol. The molecule has 4 nitrogen and oxygen atoms in total. The number of hydrogen-bond acceptors (Lipinski definition) is 3. The highest BCUT2D eigenvalue weighted by molar-refractivity contribution is 5.66. The summed E-state index contributed by atoms with van der Waals surface area (Å²) in [5.41, 5.74) is 9.36. The van der Waals surface area contributed by atoms with E-state index in [0.29, 0.717) is 0 Å². The molecular formula is C13H12N4. The molecule has 0 fully saturated rings. The molecular weight excluding hydrogens is 212 g/mol. The van der Waals surface area contributed by atoms with Gasteiger partial charge in [-0.25, -0.2) is 4.98 Å². The zero-order chi connectivity index (χ0) is 11.8. The highest BCUT2D eigenvalue weighted by Gasteiger charge is 2.10. The minimum Gasteiger partial charge on any atom is -0.399 e. The van der Waals surface area contributed by atoms with E-state index < -0.39 is 0 Å². The van der Waals surface area contributed by atoms with Gasteiger partial charge in [0.2, 0.25) is 0 Å². The van der Waals surface area contributed by atoms with Gasteiger partial charge in [0, 0.05) is 18.1 Å². The molecule has 0 aromatic carbocycles. The molecule has 0 amide bonds. The Hall–Kier alpha value is -2.36. The van der Waals surface area contributed by atoms with Crippen LogP contribution in [0.5, 0.6) is 0 Å². The minimum atomic E-state index is 0.744. The number of pyridine rings is 2. The average molecular weight is 224 g/mol. The van der Waals surface area contributed by atoms with E-state index in [1.165, 1.54) is 0 Å². The molecule has 17 heavy (non-hydrogen) atoms. The topological polar surface area (TPSA) is 56.2 Å². The van der Waals surface area contributed by atoms with Crippen molar-refractivity contribution in [1.29, 1.82) is 0 Å². The predicted molar refractivity (Wildman–Crippen MR) is 67.6 cm³/mol. The zero-order valence-corrected chi connectivity index (χ0v) is 9.46. The van der Waals surface area contributed by atoms with E-state index in [1.807, 2.05) is 47.9 Å². The highest BCUT2D eigenvalue weighted by Crippen LogP contribution is 2.21. The Morgan fingerprint density at radius 1 is 1.24 bits per heavy atom. The quantitative estimate of drug-likeness (QED) is 0.690. The van der Waals surface area contributed by atoms with Gasteiger partial charge in [-0.2, -0.15) is 0 Å². The molecule has 0 atom stereocenters. The Balaban J connectivity index is 2.32. The van der Waals surface area contributed by atoms with Crippen LogP contribution in [0.15, 0.2) is 42.7 Å². The molecule has 0 saturated heterocycles. The Morgan fingerprint density at radius 3 is 2.88 bits per heavy atom. The first-order valence-corrected chi connectivity index (χ1v) is 5.41. The van der Waals surface area contributed by atoms with Gasteiger partial charge < -0.3 is 5.73 Å². The normalized spacial score (nSPS) is 10.9. The summed E-state index contributed by atoms with van der Waals surface area (Å²) in [6.07, 6.45) is 3.69. The van der Waals surface area contributed by atoms with Gasteiger partial charge in [0.1, 0.15) is 5.69 Å². The second-order valence-electron chi connectivity index (χ2n) is 3.95. The number of nitrogen functional groups attached to an aromatic ring is 1. The van der Waals surface area contributed by atoms with Gasteiger partial charge in [-0.05, 0) is 31.2 Å². The van der Waals surface area contributed by atoms with Crippen molar-refractivity contribution in [2.24, 2.45) is 0 Å². The lowest BCUT2D eigenvalue weighted by molar-refractivity contribution is 1.13. The smallest absolute Gasteiger partial charge is 0.163 e. The molecule has 0 spiro atoms. The largest absolute Gasteiger partial charge is 0.399 e. The Kier molecular flexibility index (Phi) is 2.08. The van der Waals surface area contributed by atoms with Crippen LogP contribution in [-0.4, -0.2) is 14.4 Å².